The van der Waals surface area contributed by atoms with E-state index < -0.39 is 19.0 Å². The first-order valence-corrected chi connectivity index (χ1v) is 5.12. The molecule has 1 aromatic heterocycles. The molecule has 0 aliphatic rings. The van der Waals surface area contributed by atoms with Gasteiger partial charge in [-0.2, -0.15) is 13.9 Å². The van der Waals surface area contributed by atoms with Gasteiger partial charge in [-0.05, 0) is 19.9 Å². The van der Waals surface area contributed by atoms with Crippen molar-refractivity contribution in [3.05, 3.63) is 17.3 Å². The van der Waals surface area contributed by atoms with Crippen LogP contribution in [0.1, 0.15) is 24.2 Å². The monoisotopic (exact) mass is 267 g/mol. The summed E-state index contributed by atoms with van der Waals surface area (Å²) in [6, 6.07) is 1.14. The Kier molecular flexibility index (Phi) is 4.44. The molecular formula is C10H13F4N3O. The lowest BCUT2D eigenvalue weighted by atomic mass is 10.2. The van der Waals surface area contributed by atoms with E-state index in [0.717, 1.165) is 0 Å². The number of hydrogen-bond donors (Lipinski definition) is 1. The molecule has 0 aromatic carbocycles. The first kappa shape index (κ1) is 14.6. The van der Waals surface area contributed by atoms with E-state index in [1.165, 1.54) is 13.0 Å². The van der Waals surface area contributed by atoms with E-state index in [1.54, 1.807) is 6.92 Å². The standard InChI is InChI=1S/C10H13F4N3O/c1-5-3-7(6(2)15)16-17-8(5)18-4-10(13,14)9(11)12/h3,6,9H,4,15H2,1-2H3. The maximum Gasteiger partial charge on any atom is 0.340 e. The fourth-order valence-electron chi connectivity index (χ4n) is 1.09. The van der Waals surface area contributed by atoms with Crippen LogP contribution < -0.4 is 10.5 Å². The summed E-state index contributed by atoms with van der Waals surface area (Å²) in [5.74, 6) is -4.42. The summed E-state index contributed by atoms with van der Waals surface area (Å²) in [5.41, 5.74) is 6.42. The normalized spacial score (nSPS) is 13.8. The maximum atomic E-state index is 12.6. The lowest BCUT2D eigenvalue weighted by Crippen LogP contribution is -2.34. The van der Waals surface area contributed by atoms with Gasteiger partial charge in [0.15, 0.2) is 6.61 Å². The van der Waals surface area contributed by atoms with Gasteiger partial charge in [0.05, 0.1) is 5.69 Å². The largest absolute Gasteiger partial charge is 0.470 e. The molecule has 2 N–H and O–H groups in total. The number of halogens is 4. The minimum atomic E-state index is -4.21. The van der Waals surface area contributed by atoms with Crippen LogP contribution in [-0.4, -0.2) is 29.2 Å². The van der Waals surface area contributed by atoms with Crippen molar-refractivity contribution in [2.75, 3.05) is 6.61 Å². The Morgan fingerprint density at radius 2 is 2.00 bits per heavy atom. The Morgan fingerprint density at radius 3 is 2.44 bits per heavy atom. The summed E-state index contributed by atoms with van der Waals surface area (Å²) < 4.78 is 53.6. The van der Waals surface area contributed by atoms with E-state index in [9.17, 15) is 17.6 Å². The Hall–Kier alpha value is -1.44. The molecule has 0 spiro atoms. The van der Waals surface area contributed by atoms with Crippen molar-refractivity contribution in [3.63, 3.8) is 0 Å². The fraction of sp³-hybridized carbons (Fsp3) is 0.600. The van der Waals surface area contributed by atoms with Crippen LogP contribution in [0.5, 0.6) is 5.88 Å². The lowest BCUT2D eigenvalue weighted by molar-refractivity contribution is -0.148. The summed E-state index contributed by atoms with van der Waals surface area (Å²) in [6.07, 6.45) is -3.78. The second kappa shape index (κ2) is 5.47. The second-order valence-corrected chi connectivity index (χ2v) is 3.90. The third kappa shape index (κ3) is 3.52. The van der Waals surface area contributed by atoms with Gasteiger partial charge in [-0.1, -0.05) is 0 Å². The molecule has 0 saturated carbocycles. The second-order valence-electron chi connectivity index (χ2n) is 3.90. The number of nitrogens with zero attached hydrogens (tertiary/aromatic N) is 2. The highest BCUT2D eigenvalue weighted by Crippen LogP contribution is 2.25. The Labute approximate surface area is 101 Å². The van der Waals surface area contributed by atoms with E-state index in [1.807, 2.05) is 0 Å². The van der Waals surface area contributed by atoms with E-state index in [4.69, 9.17) is 5.73 Å². The number of rotatable bonds is 5. The van der Waals surface area contributed by atoms with Gasteiger partial charge in [-0.3, -0.25) is 0 Å². The van der Waals surface area contributed by atoms with Crippen LogP contribution in [0, 0.1) is 6.92 Å². The molecule has 1 atom stereocenters. The molecule has 1 rings (SSSR count). The first-order valence-electron chi connectivity index (χ1n) is 5.12. The summed E-state index contributed by atoms with van der Waals surface area (Å²) in [4.78, 5) is 0. The molecule has 8 heteroatoms. The van der Waals surface area contributed by atoms with Crippen molar-refractivity contribution in [2.45, 2.75) is 32.2 Å². The number of aryl methyl sites for hydroxylation is 1. The molecule has 0 radical (unpaired) electrons. The predicted molar refractivity (Wildman–Crippen MR) is 55.8 cm³/mol. The molecule has 4 nitrogen and oxygen atoms in total. The summed E-state index contributed by atoms with van der Waals surface area (Å²) in [5, 5.41) is 7.18. The minimum absolute atomic E-state index is 0.209. The number of hydrogen-bond acceptors (Lipinski definition) is 4. The van der Waals surface area contributed by atoms with Crippen LogP contribution >= 0.6 is 0 Å². The quantitative estimate of drug-likeness (QED) is 0.830. The molecule has 102 valence electrons. The highest BCUT2D eigenvalue weighted by atomic mass is 19.3. The van der Waals surface area contributed by atoms with Crippen LogP contribution in [0.4, 0.5) is 17.6 Å². The molecule has 18 heavy (non-hydrogen) atoms. The number of alkyl halides is 4. The van der Waals surface area contributed by atoms with Crippen molar-refractivity contribution in [2.24, 2.45) is 5.73 Å². The zero-order valence-electron chi connectivity index (χ0n) is 9.83. The number of aromatic nitrogens is 2. The average Bonchev–Trinajstić information content (AvgIpc) is 2.26. The van der Waals surface area contributed by atoms with Gasteiger partial charge in [0, 0.05) is 11.6 Å². The van der Waals surface area contributed by atoms with Gasteiger partial charge < -0.3 is 10.5 Å². The molecule has 1 heterocycles. The van der Waals surface area contributed by atoms with E-state index in [2.05, 4.69) is 14.9 Å². The molecule has 0 bridgehead atoms. The van der Waals surface area contributed by atoms with Gasteiger partial charge >= 0.3 is 12.3 Å². The molecule has 1 unspecified atom stereocenters. The van der Waals surface area contributed by atoms with Gasteiger partial charge in [-0.15, -0.1) is 5.10 Å². The average molecular weight is 267 g/mol. The third-order valence-electron chi connectivity index (χ3n) is 2.15. The van der Waals surface area contributed by atoms with Crippen LogP contribution in [0.15, 0.2) is 6.07 Å². The van der Waals surface area contributed by atoms with Crippen molar-refractivity contribution < 1.29 is 22.3 Å². The molecule has 0 amide bonds. The summed E-state index contributed by atoms with van der Waals surface area (Å²) in [7, 11) is 0. The highest BCUT2D eigenvalue weighted by Gasteiger charge is 2.42. The first-order chi connectivity index (χ1) is 8.24. The zero-order valence-corrected chi connectivity index (χ0v) is 9.83. The third-order valence-corrected chi connectivity index (χ3v) is 2.15. The van der Waals surface area contributed by atoms with Crippen molar-refractivity contribution in [1.29, 1.82) is 0 Å². The van der Waals surface area contributed by atoms with Gasteiger partial charge in [-0.25, -0.2) is 8.78 Å². The number of nitrogens with two attached hydrogens (primary N) is 1. The summed E-state index contributed by atoms with van der Waals surface area (Å²) >= 11 is 0. The Morgan fingerprint density at radius 1 is 1.39 bits per heavy atom. The zero-order chi connectivity index (χ0) is 13.9. The van der Waals surface area contributed by atoms with Crippen LogP contribution in [0.2, 0.25) is 0 Å². The number of ether oxygens (including phenoxy) is 1. The van der Waals surface area contributed by atoms with Crippen molar-refractivity contribution in [3.8, 4) is 5.88 Å². The highest BCUT2D eigenvalue weighted by molar-refractivity contribution is 5.25. The van der Waals surface area contributed by atoms with E-state index in [0.29, 0.717) is 11.3 Å². The summed E-state index contributed by atoms with van der Waals surface area (Å²) in [6.45, 7) is 1.77. The minimum Gasteiger partial charge on any atom is -0.470 e. The predicted octanol–water partition coefficient (Wildman–Crippen LogP) is 2.08. The molecule has 0 aliphatic carbocycles. The van der Waals surface area contributed by atoms with Crippen LogP contribution in [0.25, 0.3) is 0 Å². The van der Waals surface area contributed by atoms with Gasteiger partial charge in [0.25, 0.3) is 0 Å². The Bertz CT molecular complexity index is 412. The Balaban J connectivity index is 2.75. The van der Waals surface area contributed by atoms with Gasteiger partial charge in [0.2, 0.25) is 5.88 Å². The molecular weight excluding hydrogens is 254 g/mol. The SMILES string of the molecule is Cc1cc(C(C)N)nnc1OCC(F)(F)C(F)F. The fourth-order valence-corrected chi connectivity index (χ4v) is 1.09. The molecule has 1 aromatic rings. The lowest BCUT2D eigenvalue weighted by Gasteiger charge is -2.16. The molecule has 0 aliphatic heterocycles. The van der Waals surface area contributed by atoms with Crippen molar-refractivity contribution >= 4 is 0 Å². The molecule has 0 fully saturated rings. The van der Waals surface area contributed by atoms with Crippen LogP contribution in [-0.2, 0) is 0 Å². The van der Waals surface area contributed by atoms with Gasteiger partial charge in [0.1, 0.15) is 0 Å². The maximum absolute atomic E-state index is 12.6. The van der Waals surface area contributed by atoms with Crippen molar-refractivity contribution in [1.82, 2.24) is 10.2 Å². The van der Waals surface area contributed by atoms with Crippen LogP contribution in [0.3, 0.4) is 0 Å². The molecule has 0 saturated heterocycles. The van der Waals surface area contributed by atoms with E-state index in [-0.39, 0.29) is 11.9 Å². The topological polar surface area (TPSA) is 61.0 Å². The smallest absolute Gasteiger partial charge is 0.340 e. The van der Waals surface area contributed by atoms with E-state index >= 15 is 0 Å².